The van der Waals surface area contributed by atoms with Crippen LogP contribution in [0.4, 0.5) is 5.69 Å². The number of nitrogens with zero attached hydrogens (tertiary/aromatic N) is 2. The molecule has 3 rings (SSSR count). The van der Waals surface area contributed by atoms with E-state index in [1.165, 1.54) is 12.1 Å². The molecule has 0 aliphatic rings. The standard InChI is InChI=1S/C20H18N2O3/c1-14-4-6-16(7-5-14)22(13-15-3-2-10-21-12-15)20(25)18-9-8-17(23)11-19(18)24/h2-12,23-24H,13H2,1H3. The van der Waals surface area contributed by atoms with Crippen molar-refractivity contribution in [2.75, 3.05) is 4.90 Å². The highest BCUT2D eigenvalue weighted by Crippen LogP contribution is 2.27. The van der Waals surface area contributed by atoms with Crippen LogP contribution in [0.1, 0.15) is 21.5 Å². The van der Waals surface area contributed by atoms with Gasteiger partial charge in [-0.05, 0) is 42.8 Å². The molecule has 0 unspecified atom stereocenters. The largest absolute Gasteiger partial charge is 0.508 e. The lowest BCUT2D eigenvalue weighted by molar-refractivity contribution is 0.0982. The maximum atomic E-state index is 13.0. The molecule has 1 heterocycles. The Morgan fingerprint density at radius 3 is 2.48 bits per heavy atom. The second-order valence-corrected chi connectivity index (χ2v) is 5.79. The highest BCUT2D eigenvalue weighted by Gasteiger charge is 2.21. The zero-order chi connectivity index (χ0) is 17.8. The quantitative estimate of drug-likeness (QED) is 0.764. The molecule has 0 aliphatic carbocycles. The van der Waals surface area contributed by atoms with Crippen LogP contribution < -0.4 is 4.90 Å². The maximum absolute atomic E-state index is 13.0. The summed E-state index contributed by atoms with van der Waals surface area (Å²) in [4.78, 5) is 18.7. The number of amides is 1. The fourth-order valence-corrected chi connectivity index (χ4v) is 2.53. The minimum atomic E-state index is -0.356. The molecule has 5 heteroatoms. The van der Waals surface area contributed by atoms with Crippen LogP contribution in [0, 0.1) is 6.92 Å². The van der Waals surface area contributed by atoms with Crippen LogP contribution >= 0.6 is 0 Å². The Hall–Kier alpha value is -3.34. The third-order valence-corrected chi connectivity index (χ3v) is 3.87. The number of hydrogen-bond donors (Lipinski definition) is 2. The number of benzene rings is 2. The number of pyridine rings is 1. The second kappa shape index (κ2) is 7.05. The highest BCUT2D eigenvalue weighted by molar-refractivity contribution is 6.07. The van der Waals surface area contributed by atoms with Gasteiger partial charge in [0, 0.05) is 24.1 Å². The van der Waals surface area contributed by atoms with E-state index in [4.69, 9.17) is 0 Å². The fraction of sp³-hybridized carbons (Fsp3) is 0.100. The Morgan fingerprint density at radius 1 is 1.08 bits per heavy atom. The zero-order valence-corrected chi connectivity index (χ0v) is 13.8. The van der Waals surface area contributed by atoms with Crippen LogP contribution in [0.5, 0.6) is 11.5 Å². The first-order valence-corrected chi connectivity index (χ1v) is 7.84. The van der Waals surface area contributed by atoms with Crippen molar-refractivity contribution in [3.8, 4) is 11.5 Å². The smallest absolute Gasteiger partial charge is 0.262 e. The van der Waals surface area contributed by atoms with E-state index in [1.54, 1.807) is 17.3 Å². The number of aryl methyl sites for hydroxylation is 1. The fourth-order valence-electron chi connectivity index (χ4n) is 2.53. The molecule has 0 aliphatic heterocycles. The van der Waals surface area contributed by atoms with E-state index in [0.717, 1.165) is 17.2 Å². The Morgan fingerprint density at radius 2 is 1.84 bits per heavy atom. The number of aromatic nitrogens is 1. The van der Waals surface area contributed by atoms with Gasteiger partial charge in [0.15, 0.2) is 0 Å². The van der Waals surface area contributed by atoms with Gasteiger partial charge in [0.2, 0.25) is 0 Å². The monoisotopic (exact) mass is 334 g/mol. The molecule has 2 N–H and O–H groups in total. The van der Waals surface area contributed by atoms with Gasteiger partial charge in [-0.3, -0.25) is 9.78 Å². The molecule has 5 nitrogen and oxygen atoms in total. The molecule has 0 saturated heterocycles. The second-order valence-electron chi connectivity index (χ2n) is 5.79. The molecule has 0 bridgehead atoms. The topological polar surface area (TPSA) is 73.7 Å². The summed E-state index contributed by atoms with van der Waals surface area (Å²) < 4.78 is 0. The lowest BCUT2D eigenvalue weighted by Gasteiger charge is -2.23. The lowest BCUT2D eigenvalue weighted by atomic mass is 10.1. The van der Waals surface area contributed by atoms with Crippen LogP contribution in [0.3, 0.4) is 0 Å². The predicted molar refractivity (Wildman–Crippen MR) is 95.7 cm³/mol. The molecule has 0 saturated carbocycles. The average molecular weight is 334 g/mol. The van der Waals surface area contributed by atoms with Crippen molar-refractivity contribution in [2.24, 2.45) is 0 Å². The van der Waals surface area contributed by atoms with Gasteiger partial charge in [0.1, 0.15) is 11.5 Å². The Kier molecular flexibility index (Phi) is 4.66. The molecule has 1 aromatic heterocycles. The van der Waals surface area contributed by atoms with Crippen LogP contribution in [0.2, 0.25) is 0 Å². The molecule has 126 valence electrons. The predicted octanol–water partition coefficient (Wildman–Crippen LogP) is 3.65. The van der Waals surface area contributed by atoms with Crippen molar-refractivity contribution in [2.45, 2.75) is 13.5 Å². The van der Waals surface area contributed by atoms with E-state index in [0.29, 0.717) is 12.2 Å². The van der Waals surface area contributed by atoms with Gasteiger partial charge in [0.05, 0.1) is 12.1 Å². The molecule has 1 amide bonds. The number of carbonyl (C=O) groups excluding carboxylic acids is 1. The van der Waals surface area contributed by atoms with Crippen molar-refractivity contribution < 1.29 is 15.0 Å². The molecule has 0 spiro atoms. The number of rotatable bonds is 4. The summed E-state index contributed by atoms with van der Waals surface area (Å²) in [6.45, 7) is 2.29. The molecular weight excluding hydrogens is 316 g/mol. The summed E-state index contributed by atoms with van der Waals surface area (Å²) in [5, 5.41) is 19.5. The van der Waals surface area contributed by atoms with E-state index in [2.05, 4.69) is 4.98 Å². The van der Waals surface area contributed by atoms with Gasteiger partial charge in [-0.15, -0.1) is 0 Å². The zero-order valence-electron chi connectivity index (χ0n) is 13.8. The van der Waals surface area contributed by atoms with Gasteiger partial charge in [-0.2, -0.15) is 0 Å². The van der Waals surface area contributed by atoms with E-state index in [-0.39, 0.29) is 23.0 Å². The van der Waals surface area contributed by atoms with Crippen LogP contribution in [0.25, 0.3) is 0 Å². The van der Waals surface area contributed by atoms with E-state index in [9.17, 15) is 15.0 Å². The van der Waals surface area contributed by atoms with Crippen LogP contribution in [-0.2, 0) is 6.54 Å². The molecular formula is C20H18N2O3. The van der Waals surface area contributed by atoms with Gasteiger partial charge in [-0.25, -0.2) is 0 Å². The summed E-state index contributed by atoms with van der Waals surface area (Å²) in [5.74, 6) is -0.707. The van der Waals surface area contributed by atoms with Crippen molar-refractivity contribution in [1.82, 2.24) is 4.98 Å². The number of aromatic hydroxyl groups is 2. The third-order valence-electron chi connectivity index (χ3n) is 3.87. The SMILES string of the molecule is Cc1ccc(N(Cc2cccnc2)C(=O)c2ccc(O)cc2O)cc1. The molecule has 0 atom stereocenters. The maximum Gasteiger partial charge on any atom is 0.262 e. The highest BCUT2D eigenvalue weighted by atomic mass is 16.3. The number of hydrogen-bond acceptors (Lipinski definition) is 4. The van der Waals surface area contributed by atoms with Gasteiger partial charge in [0.25, 0.3) is 5.91 Å². The van der Waals surface area contributed by atoms with Crippen molar-refractivity contribution in [3.05, 3.63) is 83.7 Å². The van der Waals surface area contributed by atoms with Gasteiger partial charge in [-0.1, -0.05) is 23.8 Å². The first kappa shape index (κ1) is 16.5. The number of phenolic OH excluding ortho intramolecular Hbond substituents is 2. The Labute approximate surface area is 145 Å². The molecule has 2 aromatic carbocycles. The number of carbonyl (C=O) groups is 1. The number of phenols is 2. The minimum Gasteiger partial charge on any atom is -0.508 e. The first-order valence-electron chi connectivity index (χ1n) is 7.84. The van der Waals surface area contributed by atoms with Gasteiger partial charge < -0.3 is 15.1 Å². The summed E-state index contributed by atoms with van der Waals surface area (Å²) in [5.41, 5.74) is 2.80. The van der Waals surface area contributed by atoms with Crippen molar-refractivity contribution in [1.29, 1.82) is 0 Å². The Bertz CT molecular complexity index is 877. The van der Waals surface area contributed by atoms with Gasteiger partial charge >= 0.3 is 0 Å². The first-order chi connectivity index (χ1) is 12.0. The van der Waals surface area contributed by atoms with Crippen molar-refractivity contribution in [3.63, 3.8) is 0 Å². The lowest BCUT2D eigenvalue weighted by Crippen LogP contribution is -2.30. The van der Waals surface area contributed by atoms with E-state index >= 15 is 0 Å². The van der Waals surface area contributed by atoms with E-state index in [1.807, 2.05) is 43.3 Å². The van der Waals surface area contributed by atoms with Crippen LogP contribution in [-0.4, -0.2) is 21.1 Å². The number of anilines is 1. The Balaban J connectivity index is 2.00. The molecule has 3 aromatic rings. The summed E-state index contributed by atoms with van der Waals surface area (Å²) in [6, 6.07) is 15.2. The van der Waals surface area contributed by atoms with Crippen molar-refractivity contribution >= 4 is 11.6 Å². The summed E-state index contributed by atoms with van der Waals surface area (Å²) in [7, 11) is 0. The average Bonchev–Trinajstić information content (AvgIpc) is 2.61. The van der Waals surface area contributed by atoms with E-state index < -0.39 is 0 Å². The molecule has 0 radical (unpaired) electrons. The summed E-state index contributed by atoms with van der Waals surface area (Å²) >= 11 is 0. The normalized spacial score (nSPS) is 10.4. The summed E-state index contributed by atoms with van der Waals surface area (Å²) in [6.07, 6.45) is 3.37. The molecule has 25 heavy (non-hydrogen) atoms. The minimum absolute atomic E-state index is 0.0943. The van der Waals surface area contributed by atoms with Crippen LogP contribution in [0.15, 0.2) is 67.0 Å². The molecule has 0 fully saturated rings. The third kappa shape index (κ3) is 3.77.